The quantitative estimate of drug-likeness (QED) is 0.753. The predicted molar refractivity (Wildman–Crippen MR) is 80.4 cm³/mol. The van der Waals surface area contributed by atoms with E-state index in [9.17, 15) is 14.3 Å². The first-order valence-electron chi connectivity index (χ1n) is 6.32. The van der Waals surface area contributed by atoms with Crippen molar-refractivity contribution in [1.29, 1.82) is 0 Å². The van der Waals surface area contributed by atoms with Crippen molar-refractivity contribution in [3.8, 4) is 0 Å². The van der Waals surface area contributed by atoms with Gasteiger partial charge in [-0.05, 0) is 37.3 Å². The van der Waals surface area contributed by atoms with Gasteiger partial charge in [0, 0.05) is 18.8 Å². The van der Waals surface area contributed by atoms with E-state index in [1.165, 1.54) is 17.8 Å². The number of amides is 2. The van der Waals surface area contributed by atoms with Crippen molar-refractivity contribution in [1.82, 2.24) is 10.6 Å². The number of benzene rings is 1. The minimum atomic E-state index is -0.927. The second kappa shape index (κ2) is 7.50. The van der Waals surface area contributed by atoms with Gasteiger partial charge in [-0.3, -0.25) is 0 Å². The third-order valence-electron chi connectivity index (χ3n) is 2.76. The van der Waals surface area contributed by atoms with Gasteiger partial charge in [-0.25, -0.2) is 9.18 Å². The van der Waals surface area contributed by atoms with Crippen molar-refractivity contribution in [2.75, 3.05) is 18.6 Å². The number of halogens is 1. The molecule has 0 fully saturated rings. The molecular formula is C14H21FN2O2S. The lowest BCUT2D eigenvalue weighted by Gasteiger charge is -2.22. The van der Waals surface area contributed by atoms with Crippen LogP contribution in [0.1, 0.15) is 18.1 Å². The van der Waals surface area contributed by atoms with E-state index in [4.69, 9.17) is 0 Å². The number of aliphatic hydroxyl groups is 1. The fourth-order valence-corrected chi connectivity index (χ4v) is 2.42. The van der Waals surface area contributed by atoms with Crippen LogP contribution < -0.4 is 10.6 Å². The fourth-order valence-electron chi connectivity index (χ4n) is 1.69. The Morgan fingerprint density at radius 2 is 2.15 bits per heavy atom. The van der Waals surface area contributed by atoms with Gasteiger partial charge in [0.1, 0.15) is 5.82 Å². The minimum Gasteiger partial charge on any atom is -0.387 e. The summed E-state index contributed by atoms with van der Waals surface area (Å²) < 4.78 is 13.1. The van der Waals surface area contributed by atoms with Crippen LogP contribution in [0.3, 0.4) is 0 Å². The molecule has 3 N–H and O–H groups in total. The van der Waals surface area contributed by atoms with E-state index in [1.54, 1.807) is 26.0 Å². The molecule has 0 radical (unpaired) electrons. The molecule has 0 heterocycles. The number of thioether (sulfide) groups is 1. The Morgan fingerprint density at radius 3 is 2.75 bits per heavy atom. The van der Waals surface area contributed by atoms with Gasteiger partial charge in [0.15, 0.2) is 0 Å². The number of urea groups is 1. The first kappa shape index (κ1) is 16.8. The van der Waals surface area contributed by atoms with Crippen molar-refractivity contribution in [2.45, 2.75) is 26.0 Å². The average Bonchev–Trinajstić information content (AvgIpc) is 2.38. The molecule has 4 nitrogen and oxygen atoms in total. The van der Waals surface area contributed by atoms with E-state index in [2.05, 4.69) is 10.6 Å². The SMILES string of the molecule is CSCC(C)(O)CNC(=O)NCc1ccc(F)c(C)c1. The smallest absolute Gasteiger partial charge is 0.315 e. The van der Waals surface area contributed by atoms with Crippen LogP contribution in [-0.4, -0.2) is 35.3 Å². The van der Waals surface area contributed by atoms with E-state index >= 15 is 0 Å². The molecule has 0 bridgehead atoms. The number of aryl methyl sites for hydroxylation is 1. The number of nitrogens with one attached hydrogen (secondary N) is 2. The van der Waals surface area contributed by atoms with Crippen molar-refractivity contribution < 1.29 is 14.3 Å². The molecule has 1 rings (SSSR count). The Morgan fingerprint density at radius 1 is 1.45 bits per heavy atom. The van der Waals surface area contributed by atoms with Crippen LogP contribution in [-0.2, 0) is 6.54 Å². The highest BCUT2D eigenvalue weighted by atomic mass is 32.2. The van der Waals surface area contributed by atoms with Gasteiger partial charge in [-0.2, -0.15) is 11.8 Å². The van der Waals surface area contributed by atoms with Crippen molar-refractivity contribution >= 4 is 17.8 Å². The lowest BCUT2D eigenvalue weighted by Crippen LogP contribution is -2.45. The zero-order valence-corrected chi connectivity index (χ0v) is 12.8. The molecule has 0 aromatic heterocycles. The molecule has 112 valence electrons. The maximum atomic E-state index is 13.1. The van der Waals surface area contributed by atoms with Crippen molar-refractivity contribution in [3.63, 3.8) is 0 Å². The van der Waals surface area contributed by atoms with Gasteiger partial charge >= 0.3 is 6.03 Å². The Bertz CT molecular complexity index is 466. The summed E-state index contributed by atoms with van der Waals surface area (Å²) in [5.74, 6) is 0.288. The normalized spacial score (nSPS) is 13.7. The van der Waals surface area contributed by atoms with Gasteiger partial charge in [0.25, 0.3) is 0 Å². The van der Waals surface area contributed by atoms with Gasteiger partial charge in [-0.15, -0.1) is 0 Å². The zero-order chi connectivity index (χ0) is 15.2. The molecule has 2 amide bonds. The monoisotopic (exact) mass is 300 g/mol. The Kier molecular flexibility index (Phi) is 6.29. The molecule has 1 atom stereocenters. The Balaban J connectivity index is 2.38. The molecular weight excluding hydrogens is 279 g/mol. The zero-order valence-electron chi connectivity index (χ0n) is 12.0. The molecule has 0 aliphatic carbocycles. The van der Waals surface area contributed by atoms with E-state index in [0.29, 0.717) is 17.9 Å². The highest BCUT2D eigenvalue weighted by molar-refractivity contribution is 7.98. The number of rotatable bonds is 6. The summed E-state index contributed by atoms with van der Waals surface area (Å²) in [6.45, 7) is 3.85. The minimum absolute atomic E-state index is 0.183. The molecule has 20 heavy (non-hydrogen) atoms. The topological polar surface area (TPSA) is 61.4 Å². The highest BCUT2D eigenvalue weighted by Crippen LogP contribution is 2.10. The second-order valence-electron chi connectivity index (χ2n) is 5.05. The molecule has 1 unspecified atom stereocenters. The molecule has 6 heteroatoms. The van der Waals surface area contributed by atoms with Crippen LogP contribution >= 0.6 is 11.8 Å². The summed E-state index contributed by atoms with van der Waals surface area (Å²) >= 11 is 1.52. The molecule has 1 aromatic carbocycles. The Labute approximate surface area is 123 Å². The van der Waals surface area contributed by atoms with Gasteiger partial charge in [0.2, 0.25) is 0 Å². The number of hydrogen-bond donors (Lipinski definition) is 3. The maximum Gasteiger partial charge on any atom is 0.315 e. The molecule has 0 spiro atoms. The Hall–Kier alpha value is -1.27. The number of carbonyl (C=O) groups is 1. The van der Waals surface area contributed by atoms with Crippen LogP contribution in [0.25, 0.3) is 0 Å². The number of hydrogen-bond acceptors (Lipinski definition) is 3. The average molecular weight is 300 g/mol. The lowest BCUT2D eigenvalue weighted by atomic mass is 10.1. The molecule has 0 aliphatic rings. The lowest BCUT2D eigenvalue weighted by molar-refractivity contribution is 0.0869. The fraction of sp³-hybridized carbons (Fsp3) is 0.500. The van der Waals surface area contributed by atoms with Crippen LogP contribution in [0.15, 0.2) is 18.2 Å². The largest absolute Gasteiger partial charge is 0.387 e. The summed E-state index contributed by atoms with van der Waals surface area (Å²) in [5, 5.41) is 15.2. The maximum absolute atomic E-state index is 13.1. The van der Waals surface area contributed by atoms with Crippen LogP contribution in [0, 0.1) is 12.7 Å². The number of carbonyl (C=O) groups excluding carboxylic acids is 1. The standard InChI is InChI=1S/C14H21FN2O2S/c1-10-6-11(4-5-12(10)15)7-16-13(18)17-8-14(2,19)9-20-3/h4-6,19H,7-9H2,1-3H3,(H2,16,17,18). The van der Waals surface area contributed by atoms with E-state index in [1.807, 2.05) is 6.26 Å². The third-order valence-corrected chi connectivity index (χ3v) is 3.67. The van der Waals surface area contributed by atoms with Gasteiger partial charge in [0.05, 0.1) is 5.60 Å². The van der Waals surface area contributed by atoms with E-state index < -0.39 is 5.60 Å². The summed E-state index contributed by atoms with van der Waals surface area (Å²) in [7, 11) is 0. The summed E-state index contributed by atoms with van der Waals surface area (Å²) in [5.41, 5.74) is 0.450. The van der Waals surface area contributed by atoms with Crippen LogP contribution in [0.2, 0.25) is 0 Å². The van der Waals surface area contributed by atoms with E-state index in [-0.39, 0.29) is 18.4 Å². The summed E-state index contributed by atoms with van der Waals surface area (Å²) in [4.78, 5) is 11.6. The predicted octanol–water partition coefficient (Wildman–Crippen LogP) is 2.05. The van der Waals surface area contributed by atoms with Crippen LogP contribution in [0.5, 0.6) is 0 Å². The molecule has 0 aliphatic heterocycles. The van der Waals surface area contributed by atoms with Crippen LogP contribution in [0.4, 0.5) is 9.18 Å². The molecule has 1 aromatic rings. The first-order chi connectivity index (χ1) is 9.34. The van der Waals surface area contributed by atoms with Gasteiger partial charge in [-0.1, -0.05) is 12.1 Å². The highest BCUT2D eigenvalue weighted by Gasteiger charge is 2.20. The third kappa shape index (κ3) is 5.79. The van der Waals surface area contributed by atoms with Gasteiger partial charge < -0.3 is 15.7 Å². The summed E-state index contributed by atoms with van der Waals surface area (Å²) in [6, 6.07) is 4.35. The second-order valence-corrected chi connectivity index (χ2v) is 5.92. The van der Waals surface area contributed by atoms with Crippen molar-refractivity contribution in [2.24, 2.45) is 0 Å². The summed E-state index contributed by atoms with van der Waals surface area (Å²) in [6.07, 6.45) is 1.89. The molecule has 0 saturated carbocycles. The first-order valence-corrected chi connectivity index (χ1v) is 7.71. The molecule has 0 saturated heterocycles. The van der Waals surface area contributed by atoms with Crippen molar-refractivity contribution in [3.05, 3.63) is 35.1 Å². The van der Waals surface area contributed by atoms with E-state index in [0.717, 1.165) is 5.56 Å².